The highest BCUT2D eigenvalue weighted by Crippen LogP contribution is 2.21. The van der Waals surface area contributed by atoms with Gasteiger partial charge in [0, 0.05) is 30.4 Å². The summed E-state index contributed by atoms with van der Waals surface area (Å²) in [5.74, 6) is 0. The Labute approximate surface area is 153 Å². The Morgan fingerprint density at radius 2 is 2.04 bits per heavy atom. The second-order valence-electron chi connectivity index (χ2n) is 6.56. The lowest BCUT2D eigenvalue weighted by atomic mass is 10.1. The van der Waals surface area contributed by atoms with Crippen molar-refractivity contribution < 1.29 is 0 Å². The molecule has 7 nitrogen and oxygen atoms in total. The van der Waals surface area contributed by atoms with E-state index in [9.17, 15) is 4.79 Å². The molecular weight excluding hydrogens is 340 g/mol. The van der Waals surface area contributed by atoms with Crippen LogP contribution in [0.4, 0.5) is 0 Å². The number of pyridine rings is 2. The van der Waals surface area contributed by atoms with Crippen LogP contribution in [0.2, 0.25) is 0 Å². The first kappa shape index (κ1) is 15.5. The van der Waals surface area contributed by atoms with Crippen molar-refractivity contribution in [3.05, 3.63) is 77.1 Å². The first-order valence-electron chi connectivity index (χ1n) is 8.59. The summed E-state index contributed by atoms with van der Waals surface area (Å²) in [7, 11) is 1.89. The van der Waals surface area contributed by atoms with Gasteiger partial charge >= 0.3 is 0 Å². The predicted molar refractivity (Wildman–Crippen MR) is 103 cm³/mol. The van der Waals surface area contributed by atoms with Gasteiger partial charge in [-0.2, -0.15) is 5.10 Å². The minimum absolute atomic E-state index is 0.0945. The lowest BCUT2D eigenvalue weighted by molar-refractivity contribution is 0.768. The third-order valence-electron chi connectivity index (χ3n) is 4.60. The average molecular weight is 356 g/mol. The van der Waals surface area contributed by atoms with Gasteiger partial charge in [0.1, 0.15) is 5.52 Å². The first-order chi connectivity index (χ1) is 13.2. The topological polar surface area (TPSA) is 81.4 Å². The molecule has 5 aromatic rings. The van der Waals surface area contributed by atoms with E-state index in [0.29, 0.717) is 6.54 Å². The molecule has 7 heteroatoms. The number of H-pyrrole nitrogens is 1. The van der Waals surface area contributed by atoms with Crippen molar-refractivity contribution in [2.45, 2.75) is 6.54 Å². The van der Waals surface area contributed by atoms with Crippen LogP contribution in [0.25, 0.3) is 33.3 Å². The van der Waals surface area contributed by atoms with E-state index in [1.165, 1.54) is 0 Å². The molecule has 4 aromatic heterocycles. The van der Waals surface area contributed by atoms with E-state index in [1.54, 1.807) is 16.9 Å². The number of nitrogens with zero attached hydrogens (tertiary/aromatic N) is 5. The van der Waals surface area contributed by atoms with Crippen molar-refractivity contribution in [3.63, 3.8) is 0 Å². The van der Waals surface area contributed by atoms with E-state index in [2.05, 4.69) is 21.1 Å². The number of fused-ring (bicyclic) bond motifs is 2. The zero-order chi connectivity index (χ0) is 18.4. The van der Waals surface area contributed by atoms with Gasteiger partial charge in [-0.25, -0.2) is 9.97 Å². The Hall–Kier alpha value is -3.74. The molecule has 1 N–H and O–H groups in total. The molecule has 0 saturated carbocycles. The molecule has 5 rings (SSSR count). The Balaban J connectivity index is 1.54. The van der Waals surface area contributed by atoms with Crippen LogP contribution < -0.4 is 5.56 Å². The summed E-state index contributed by atoms with van der Waals surface area (Å²) in [5.41, 5.74) is 5.38. The fourth-order valence-corrected chi connectivity index (χ4v) is 3.27. The lowest BCUT2D eigenvalue weighted by Crippen LogP contribution is -2.03. The van der Waals surface area contributed by atoms with Gasteiger partial charge in [-0.05, 0) is 41.3 Å². The number of aromatic amines is 1. The van der Waals surface area contributed by atoms with Crippen LogP contribution in [-0.2, 0) is 13.6 Å². The quantitative estimate of drug-likeness (QED) is 0.539. The van der Waals surface area contributed by atoms with E-state index in [1.807, 2.05) is 54.5 Å². The van der Waals surface area contributed by atoms with Crippen molar-refractivity contribution in [3.8, 4) is 11.3 Å². The molecule has 0 saturated heterocycles. The molecule has 0 bridgehead atoms. The minimum atomic E-state index is -0.0945. The summed E-state index contributed by atoms with van der Waals surface area (Å²) >= 11 is 0. The SMILES string of the molecule is Cn1cc(-c2ccc3ncn(Cc4ccc5[nH]c(=O)ccc5c4)c3n2)cn1. The highest BCUT2D eigenvalue weighted by Gasteiger charge is 2.09. The van der Waals surface area contributed by atoms with Crippen LogP contribution in [0, 0.1) is 0 Å². The number of imidazole rings is 1. The van der Waals surface area contributed by atoms with Crippen molar-refractivity contribution in [2.24, 2.45) is 7.05 Å². The number of hydrogen-bond donors (Lipinski definition) is 1. The largest absolute Gasteiger partial charge is 0.322 e. The second kappa shape index (κ2) is 5.91. The summed E-state index contributed by atoms with van der Waals surface area (Å²) in [4.78, 5) is 23.5. The van der Waals surface area contributed by atoms with Crippen LogP contribution in [0.15, 0.2) is 66.0 Å². The van der Waals surface area contributed by atoms with E-state index in [-0.39, 0.29) is 5.56 Å². The highest BCUT2D eigenvalue weighted by molar-refractivity contribution is 5.79. The molecule has 4 heterocycles. The Kier molecular flexibility index (Phi) is 3.39. The van der Waals surface area contributed by atoms with Crippen molar-refractivity contribution in [1.82, 2.24) is 29.3 Å². The van der Waals surface area contributed by atoms with Crippen LogP contribution in [-0.4, -0.2) is 29.3 Å². The van der Waals surface area contributed by atoms with Crippen molar-refractivity contribution >= 4 is 22.1 Å². The Bertz CT molecular complexity index is 1340. The molecule has 0 aliphatic carbocycles. The molecule has 0 unspecified atom stereocenters. The zero-order valence-electron chi connectivity index (χ0n) is 14.6. The molecule has 0 amide bonds. The number of hydrogen-bond acceptors (Lipinski definition) is 4. The third-order valence-corrected chi connectivity index (χ3v) is 4.60. The van der Waals surface area contributed by atoms with Gasteiger partial charge in [0.25, 0.3) is 0 Å². The molecule has 132 valence electrons. The van der Waals surface area contributed by atoms with Crippen LogP contribution >= 0.6 is 0 Å². The monoisotopic (exact) mass is 356 g/mol. The number of aromatic nitrogens is 6. The predicted octanol–water partition coefficient (Wildman–Crippen LogP) is 2.72. The van der Waals surface area contributed by atoms with E-state index < -0.39 is 0 Å². The van der Waals surface area contributed by atoms with E-state index >= 15 is 0 Å². The Morgan fingerprint density at radius 3 is 2.89 bits per heavy atom. The molecule has 0 radical (unpaired) electrons. The summed E-state index contributed by atoms with van der Waals surface area (Å²) < 4.78 is 3.79. The number of aryl methyl sites for hydroxylation is 1. The molecule has 1 aromatic carbocycles. The molecule has 0 aliphatic rings. The maximum atomic E-state index is 11.4. The minimum Gasteiger partial charge on any atom is -0.322 e. The normalized spacial score (nSPS) is 11.4. The number of nitrogens with one attached hydrogen (secondary N) is 1. The summed E-state index contributed by atoms with van der Waals surface area (Å²) in [5, 5.41) is 5.22. The number of benzene rings is 1. The van der Waals surface area contributed by atoms with Gasteiger partial charge in [0.05, 0.1) is 24.8 Å². The maximum absolute atomic E-state index is 11.4. The van der Waals surface area contributed by atoms with Gasteiger partial charge in [-0.1, -0.05) is 6.07 Å². The van der Waals surface area contributed by atoms with Gasteiger partial charge in [0.15, 0.2) is 5.65 Å². The van der Waals surface area contributed by atoms with Crippen molar-refractivity contribution in [1.29, 1.82) is 0 Å². The molecular formula is C20H16N6O. The second-order valence-corrected chi connectivity index (χ2v) is 6.56. The lowest BCUT2D eigenvalue weighted by Gasteiger charge is -2.06. The van der Waals surface area contributed by atoms with Crippen molar-refractivity contribution in [2.75, 3.05) is 0 Å². The standard InChI is InChI=1S/C20H16N6O/c1-25-11-15(9-22-25)17-5-6-18-20(24-17)26(12-21-18)10-13-2-4-16-14(8-13)3-7-19(27)23-16/h2-9,11-12H,10H2,1H3,(H,23,27). The summed E-state index contributed by atoms with van der Waals surface area (Å²) in [6.45, 7) is 0.648. The van der Waals surface area contributed by atoms with Gasteiger partial charge in [-0.3, -0.25) is 9.48 Å². The van der Waals surface area contributed by atoms with Gasteiger partial charge in [0.2, 0.25) is 5.56 Å². The molecule has 0 aliphatic heterocycles. The van der Waals surface area contributed by atoms with E-state index in [0.717, 1.165) is 38.9 Å². The maximum Gasteiger partial charge on any atom is 0.248 e. The van der Waals surface area contributed by atoms with Crippen LogP contribution in [0.1, 0.15) is 5.56 Å². The van der Waals surface area contributed by atoms with Crippen LogP contribution in [0.5, 0.6) is 0 Å². The summed E-state index contributed by atoms with van der Waals surface area (Å²) in [6, 6.07) is 13.3. The third kappa shape index (κ3) is 2.79. The smallest absolute Gasteiger partial charge is 0.248 e. The molecule has 0 atom stereocenters. The molecule has 0 spiro atoms. The summed E-state index contributed by atoms with van der Waals surface area (Å²) in [6.07, 6.45) is 5.56. The van der Waals surface area contributed by atoms with Gasteiger partial charge in [-0.15, -0.1) is 0 Å². The fourth-order valence-electron chi connectivity index (χ4n) is 3.27. The fraction of sp³-hybridized carbons (Fsp3) is 0.100. The van der Waals surface area contributed by atoms with Gasteiger partial charge < -0.3 is 9.55 Å². The average Bonchev–Trinajstić information content (AvgIpc) is 3.28. The molecule has 27 heavy (non-hydrogen) atoms. The number of rotatable bonds is 3. The molecule has 0 fully saturated rings. The van der Waals surface area contributed by atoms with Crippen LogP contribution in [0.3, 0.4) is 0 Å². The first-order valence-corrected chi connectivity index (χ1v) is 8.59. The van der Waals surface area contributed by atoms with E-state index in [4.69, 9.17) is 4.98 Å². The highest BCUT2D eigenvalue weighted by atomic mass is 16.1. The Morgan fingerprint density at radius 1 is 1.11 bits per heavy atom. The zero-order valence-corrected chi connectivity index (χ0v) is 14.6.